The quantitative estimate of drug-likeness (QED) is 0.552. The zero-order valence-corrected chi connectivity index (χ0v) is 12.4. The van der Waals surface area contributed by atoms with Gasteiger partial charge in [-0.3, -0.25) is 4.40 Å². The van der Waals surface area contributed by atoms with E-state index in [1.807, 2.05) is 25.1 Å². The molecule has 0 aliphatic heterocycles. The van der Waals surface area contributed by atoms with Gasteiger partial charge in [-0.25, -0.2) is 4.98 Å². The van der Waals surface area contributed by atoms with E-state index in [-0.39, 0.29) is 0 Å². The number of hydrogen-bond acceptors (Lipinski definition) is 2. The molecule has 3 nitrogen and oxygen atoms in total. The maximum atomic E-state index is 5.58. The Kier molecular flexibility index (Phi) is 3.04. The predicted octanol–water partition coefficient (Wildman–Crippen LogP) is 4.55. The van der Waals surface area contributed by atoms with E-state index in [0.29, 0.717) is 6.61 Å². The first-order valence-electron chi connectivity index (χ1n) is 7.45. The van der Waals surface area contributed by atoms with E-state index in [9.17, 15) is 0 Å². The van der Waals surface area contributed by atoms with Crippen molar-refractivity contribution in [1.29, 1.82) is 0 Å². The average molecular weight is 288 g/mol. The van der Waals surface area contributed by atoms with Crippen molar-refractivity contribution >= 4 is 16.6 Å². The number of aromatic nitrogens is 2. The molecule has 0 atom stereocenters. The largest absolute Gasteiger partial charge is 0.494 e. The van der Waals surface area contributed by atoms with Gasteiger partial charge in [0.25, 0.3) is 0 Å². The Morgan fingerprint density at radius 3 is 2.82 bits per heavy atom. The van der Waals surface area contributed by atoms with Crippen LogP contribution in [-0.2, 0) is 0 Å². The Morgan fingerprint density at radius 2 is 1.91 bits per heavy atom. The third kappa shape index (κ3) is 2.11. The number of nitrogens with zero attached hydrogens (tertiary/aromatic N) is 2. The summed E-state index contributed by atoms with van der Waals surface area (Å²) in [4.78, 5) is 4.74. The first-order valence-corrected chi connectivity index (χ1v) is 7.45. The van der Waals surface area contributed by atoms with Crippen LogP contribution in [0.15, 0.2) is 66.9 Å². The van der Waals surface area contributed by atoms with Gasteiger partial charge in [0, 0.05) is 11.8 Å². The highest BCUT2D eigenvalue weighted by molar-refractivity contribution is 5.83. The summed E-state index contributed by atoms with van der Waals surface area (Å²) in [5.41, 5.74) is 4.15. The normalized spacial score (nSPS) is 11.1. The molecule has 2 heterocycles. The fourth-order valence-electron chi connectivity index (χ4n) is 2.77. The van der Waals surface area contributed by atoms with Crippen LogP contribution in [0, 0.1) is 0 Å². The van der Waals surface area contributed by atoms with E-state index < -0.39 is 0 Å². The van der Waals surface area contributed by atoms with E-state index in [1.165, 1.54) is 10.9 Å². The summed E-state index contributed by atoms with van der Waals surface area (Å²) in [6.07, 6.45) is 2.09. The zero-order valence-electron chi connectivity index (χ0n) is 12.4. The molecule has 0 aliphatic carbocycles. The number of ether oxygens (including phenoxy) is 1. The van der Waals surface area contributed by atoms with E-state index >= 15 is 0 Å². The van der Waals surface area contributed by atoms with Gasteiger partial charge in [0.2, 0.25) is 0 Å². The molecule has 0 aliphatic rings. The van der Waals surface area contributed by atoms with Gasteiger partial charge >= 0.3 is 0 Å². The predicted molar refractivity (Wildman–Crippen MR) is 89.3 cm³/mol. The van der Waals surface area contributed by atoms with Crippen molar-refractivity contribution in [3.05, 3.63) is 66.9 Å². The Labute approximate surface area is 128 Å². The van der Waals surface area contributed by atoms with Crippen LogP contribution in [0.2, 0.25) is 0 Å². The molecule has 2 aromatic heterocycles. The molecule has 0 saturated carbocycles. The molecule has 0 unspecified atom stereocenters. The number of rotatable bonds is 3. The SMILES string of the molecule is CCOc1cccc(-c2cn3c(ccc4ccccc43)n2)c1. The summed E-state index contributed by atoms with van der Waals surface area (Å²) in [7, 11) is 0. The molecule has 3 heteroatoms. The zero-order chi connectivity index (χ0) is 14.9. The molecule has 108 valence electrons. The van der Waals surface area contributed by atoms with E-state index in [0.717, 1.165) is 22.7 Å². The first-order chi connectivity index (χ1) is 10.8. The Morgan fingerprint density at radius 1 is 1.00 bits per heavy atom. The summed E-state index contributed by atoms with van der Waals surface area (Å²) in [6, 6.07) is 20.6. The van der Waals surface area contributed by atoms with Crippen LogP contribution < -0.4 is 4.74 Å². The van der Waals surface area contributed by atoms with Crippen molar-refractivity contribution in [3.8, 4) is 17.0 Å². The standard InChI is InChI=1S/C19H16N2O/c1-2-22-16-8-5-7-15(12-16)17-13-21-18-9-4-3-6-14(18)10-11-19(21)20-17/h3-13H,2H2,1H3. The first kappa shape index (κ1) is 12.9. The second-order valence-corrected chi connectivity index (χ2v) is 5.21. The lowest BCUT2D eigenvalue weighted by atomic mass is 10.1. The molecule has 0 fully saturated rings. The van der Waals surface area contributed by atoms with Crippen molar-refractivity contribution in [2.24, 2.45) is 0 Å². The number of pyridine rings is 1. The molecule has 0 amide bonds. The van der Waals surface area contributed by atoms with Gasteiger partial charge < -0.3 is 4.74 Å². The van der Waals surface area contributed by atoms with Gasteiger partial charge in [-0.1, -0.05) is 30.3 Å². The van der Waals surface area contributed by atoms with Crippen LogP contribution in [0.25, 0.3) is 27.8 Å². The number of benzene rings is 2. The van der Waals surface area contributed by atoms with Crippen molar-refractivity contribution < 1.29 is 4.74 Å². The number of hydrogen-bond donors (Lipinski definition) is 0. The molecular formula is C19H16N2O. The molecule has 0 bridgehead atoms. The van der Waals surface area contributed by atoms with Crippen LogP contribution in [0.4, 0.5) is 0 Å². The van der Waals surface area contributed by atoms with E-state index in [2.05, 4.69) is 53.1 Å². The molecular weight excluding hydrogens is 272 g/mol. The smallest absolute Gasteiger partial charge is 0.137 e. The van der Waals surface area contributed by atoms with Crippen LogP contribution in [0.5, 0.6) is 5.75 Å². The molecule has 22 heavy (non-hydrogen) atoms. The van der Waals surface area contributed by atoms with Crippen molar-refractivity contribution in [2.75, 3.05) is 6.61 Å². The van der Waals surface area contributed by atoms with Gasteiger partial charge in [-0.05, 0) is 42.6 Å². The highest BCUT2D eigenvalue weighted by Gasteiger charge is 2.07. The van der Waals surface area contributed by atoms with Gasteiger partial charge in [-0.15, -0.1) is 0 Å². The summed E-state index contributed by atoms with van der Waals surface area (Å²) in [6.45, 7) is 2.66. The summed E-state index contributed by atoms with van der Waals surface area (Å²) >= 11 is 0. The number of imidazole rings is 1. The van der Waals surface area contributed by atoms with Gasteiger partial charge in [0.15, 0.2) is 0 Å². The third-order valence-corrected chi connectivity index (χ3v) is 3.78. The maximum Gasteiger partial charge on any atom is 0.137 e. The third-order valence-electron chi connectivity index (χ3n) is 3.78. The van der Waals surface area contributed by atoms with Crippen molar-refractivity contribution in [3.63, 3.8) is 0 Å². The van der Waals surface area contributed by atoms with Crippen LogP contribution in [0.3, 0.4) is 0 Å². The molecule has 4 aromatic rings. The second-order valence-electron chi connectivity index (χ2n) is 5.21. The molecule has 0 spiro atoms. The number of fused-ring (bicyclic) bond motifs is 3. The van der Waals surface area contributed by atoms with Gasteiger partial charge in [0.05, 0.1) is 17.8 Å². The summed E-state index contributed by atoms with van der Waals surface area (Å²) in [5.74, 6) is 0.877. The minimum atomic E-state index is 0.666. The van der Waals surface area contributed by atoms with E-state index in [4.69, 9.17) is 9.72 Å². The topological polar surface area (TPSA) is 26.5 Å². The lowest BCUT2D eigenvalue weighted by molar-refractivity contribution is 0.340. The second kappa shape index (κ2) is 5.19. The Balaban J connectivity index is 1.89. The van der Waals surface area contributed by atoms with Crippen LogP contribution in [-0.4, -0.2) is 16.0 Å². The molecule has 0 radical (unpaired) electrons. The lowest BCUT2D eigenvalue weighted by Crippen LogP contribution is -1.91. The lowest BCUT2D eigenvalue weighted by Gasteiger charge is -2.03. The molecule has 4 rings (SSSR count). The molecule has 2 aromatic carbocycles. The Hall–Kier alpha value is -2.81. The summed E-state index contributed by atoms with van der Waals surface area (Å²) in [5, 5.41) is 1.21. The Bertz CT molecular complexity index is 956. The molecule has 0 N–H and O–H groups in total. The fourth-order valence-corrected chi connectivity index (χ4v) is 2.77. The van der Waals surface area contributed by atoms with Crippen molar-refractivity contribution in [2.45, 2.75) is 6.92 Å². The maximum absolute atomic E-state index is 5.58. The van der Waals surface area contributed by atoms with Crippen LogP contribution in [0.1, 0.15) is 6.92 Å². The average Bonchev–Trinajstić information content (AvgIpc) is 3.00. The van der Waals surface area contributed by atoms with Crippen molar-refractivity contribution in [1.82, 2.24) is 9.38 Å². The number of para-hydroxylation sites is 1. The van der Waals surface area contributed by atoms with Crippen LogP contribution >= 0.6 is 0 Å². The van der Waals surface area contributed by atoms with Gasteiger partial charge in [0.1, 0.15) is 11.4 Å². The van der Waals surface area contributed by atoms with E-state index in [1.54, 1.807) is 0 Å². The van der Waals surface area contributed by atoms with Gasteiger partial charge in [-0.2, -0.15) is 0 Å². The minimum Gasteiger partial charge on any atom is -0.494 e. The summed E-state index contributed by atoms with van der Waals surface area (Å²) < 4.78 is 7.71. The highest BCUT2D eigenvalue weighted by Crippen LogP contribution is 2.25. The minimum absolute atomic E-state index is 0.666. The fraction of sp³-hybridized carbons (Fsp3) is 0.105. The monoisotopic (exact) mass is 288 g/mol. The molecule has 0 saturated heterocycles. The highest BCUT2D eigenvalue weighted by atomic mass is 16.5.